The molecule has 3 N–H and O–H groups in total. The maximum Gasteiger partial charge on any atom is 0.129 e. The SMILES string of the molecule is CC(C)(/C=C/I)NC[C@H](O)COc1cccc2[nH]c3ccccc3c12. The molecule has 0 aliphatic rings. The van der Waals surface area contributed by atoms with Crippen LogP contribution in [0, 0.1) is 0 Å². The van der Waals surface area contributed by atoms with Crippen molar-refractivity contribution in [3.05, 3.63) is 52.6 Å². The number of hydrogen-bond acceptors (Lipinski definition) is 3. The van der Waals surface area contributed by atoms with Gasteiger partial charge in [0, 0.05) is 28.4 Å². The first-order valence-electron chi connectivity index (χ1n) is 8.33. The number of aliphatic hydroxyl groups excluding tert-OH is 1. The standard InChI is InChI=1S/C20H23IN2O2/c1-20(2,10-11-21)22-12-14(24)13-25-18-9-5-8-17-19(18)15-6-3-4-7-16(15)23-17/h3-11,14,22-24H,12-13H2,1-2H3/b11-10+/t14-/m0/s1. The summed E-state index contributed by atoms with van der Waals surface area (Å²) in [6.07, 6.45) is 1.48. The molecule has 3 rings (SSSR count). The van der Waals surface area contributed by atoms with Gasteiger partial charge in [0.2, 0.25) is 0 Å². The first-order valence-corrected chi connectivity index (χ1v) is 9.58. The van der Waals surface area contributed by atoms with E-state index in [1.165, 1.54) is 0 Å². The largest absolute Gasteiger partial charge is 0.490 e. The smallest absolute Gasteiger partial charge is 0.129 e. The molecule has 132 valence electrons. The van der Waals surface area contributed by atoms with Gasteiger partial charge in [0.1, 0.15) is 18.5 Å². The molecule has 3 aromatic rings. The van der Waals surface area contributed by atoms with Crippen LogP contribution in [0.15, 0.2) is 52.6 Å². The Bertz CT molecular complexity index is 886. The lowest BCUT2D eigenvalue weighted by Gasteiger charge is -2.24. The van der Waals surface area contributed by atoms with Crippen molar-refractivity contribution >= 4 is 44.4 Å². The molecule has 0 fully saturated rings. The number of ether oxygens (including phenoxy) is 1. The first-order chi connectivity index (χ1) is 12.0. The average molecular weight is 450 g/mol. The predicted octanol–water partition coefficient (Wildman–Crippen LogP) is 4.38. The molecule has 5 heteroatoms. The minimum atomic E-state index is -0.581. The van der Waals surface area contributed by atoms with Crippen molar-refractivity contribution in [1.29, 1.82) is 0 Å². The Morgan fingerprint density at radius 2 is 1.96 bits per heavy atom. The predicted molar refractivity (Wildman–Crippen MR) is 113 cm³/mol. The van der Waals surface area contributed by atoms with Crippen LogP contribution in [0.4, 0.5) is 0 Å². The Morgan fingerprint density at radius 1 is 1.20 bits per heavy atom. The fraction of sp³-hybridized carbons (Fsp3) is 0.300. The highest BCUT2D eigenvalue weighted by molar-refractivity contribution is 14.1. The van der Waals surface area contributed by atoms with Gasteiger partial charge in [0.25, 0.3) is 0 Å². The van der Waals surface area contributed by atoms with Crippen LogP contribution in [0.25, 0.3) is 21.8 Å². The van der Waals surface area contributed by atoms with Gasteiger partial charge in [0.05, 0.1) is 5.52 Å². The van der Waals surface area contributed by atoms with E-state index in [1.54, 1.807) is 0 Å². The molecule has 0 radical (unpaired) electrons. The zero-order chi connectivity index (χ0) is 17.9. The molecule has 0 amide bonds. The molecule has 25 heavy (non-hydrogen) atoms. The number of hydrogen-bond donors (Lipinski definition) is 3. The first kappa shape index (κ1) is 18.2. The van der Waals surface area contributed by atoms with E-state index in [4.69, 9.17) is 4.74 Å². The van der Waals surface area contributed by atoms with E-state index < -0.39 is 6.10 Å². The summed E-state index contributed by atoms with van der Waals surface area (Å²) < 4.78 is 7.92. The van der Waals surface area contributed by atoms with Crippen LogP contribution in [0.2, 0.25) is 0 Å². The second-order valence-electron chi connectivity index (χ2n) is 6.71. The molecule has 1 heterocycles. The highest BCUT2D eigenvalue weighted by Crippen LogP contribution is 2.32. The van der Waals surface area contributed by atoms with Crippen molar-refractivity contribution in [2.24, 2.45) is 0 Å². The van der Waals surface area contributed by atoms with Crippen molar-refractivity contribution in [3.8, 4) is 5.75 Å². The Kier molecular flexibility index (Phi) is 5.66. The normalized spacial score (nSPS) is 13.8. The number of rotatable bonds is 7. The van der Waals surface area contributed by atoms with Crippen LogP contribution in [-0.4, -0.2) is 34.9 Å². The summed E-state index contributed by atoms with van der Waals surface area (Å²) in [4.78, 5) is 3.40. The number of aliphatic hydroxyl groups is 1. The zero-order valence-electron chi connectivity index (χ0n) is 14.4. The summed E-state index contributed by atoms with van der Waals surface area (Å²) >= 11 is 2.20. The van der Waals surface area contributed by atoms with Crippen molar-refractivity contribution in [2.45, 2.75) is 25.5 Å². The number of halogens is 1. The fourth-order valence-corrected chi connectivity index (χ4v) is 3.73. The Hall–Kier alpha value is -1.57. The molecule has 2 aromatic carbocycles. The maximum absolute atomic E-state index is 10.3. The molecule has 1 aromatic heterocycles. The number of fused-ring (bicyclic) bond motifs is 3. The third kappa shape index (κ3) is 4.34. The van der Waals surface area contributed by atoms with Crippen LogP contribution in [0.3, 0.4) is 0 Å². The Balaban J connectivity index is 1.71. The van der Waals surface area contributed by atoms with Crippen LogP contribution in [0.1, 0.15) is 13.8 Å². The third-order valence-electron chi connectivity index (χ3n) is 4.20. The second kappa shape index (κ2) is 7.76. The molecule has 4 nitrogen and oxygen atoms in total. The van der Waals surface area contributed by atoms with Gasteiger partial charge in [-0.05, 0) is 36.1 Å². The summed E-state index contributed by atoms with van der Waals surface area (Å²) in [6.45, 7) is 4.86. The number of H-pyrrole nitrogens is 1. The average Bonchev–Trinajstić information content (AvgIpc) is 2.97. The number of β-amino-alcohol motifs (C(OH)–C–C–N with tert-alkyl or cyclic N) is 1. The quantitative estimate of drug-likeness (QED) is 0.469. The topological polar surface area (TPSA) is 57.3 Å². The minimum Gasteiger partial charge on any atom is -0.490 e. The van der Waals surface area contributed by atoms with E-state index in [2.05, 4.69) is 64.9 Å². The van der Waals surface area contributed by atoms with Crippen molar-refractivity contribution in [3.63, 3.8) is 0 Å². The number of benzene rings is 2. The van der Waals surface area contributed by atoms with Gasteiger partial charge in [-0.3, -0.25) is 0 Å². The molecule has 0 bridgehead atoms. The van der Waals surface area contributed by atoms with E-state index in [0.717, 1.165) is 27.6 Å². The summed E-state index contributed by atoms with van der Waals surface area (Å²) in [5.74, 6) is 0.792. The highest BCUT2D eigenvalue weighted by Gasteiger charge is 2.16. The Morgan fingerprint density at radius 3 is 2.76 bits per heavy atom. The van der Waals surface area contributed by atoms with E-state index in [9.17, 15) is 5.11 Å². The molecule has 0 saturated carbocycles. The maximum atomic E-state index is 10.3. The lowest BCUT2D eigenvalue weighted by molar-refractivity contribution is 0.102. The second-order valence-corrected chi connectivity index (χ2v) is 7.43. The van der Waals surface area contributed by atoms with Gasteiger partial charge in [-0.1, -0.05) is 52.9 Å². The number of para-hydroxylation sites is 1. The number of aromatic nitrogens is 1. The highest BCUT2D eigenvalue weighted by atomic mass is 127. The Labute approximate surface area is 161 Å². The minimum absolute atomic E-state index is 0.154. The van der Waals surface area contributed by atoms with Gasteiger partial charge >= 0.3 is 0 Å². The van der Waals surface area contributed by atoms with Gasteiger partial charge in [0.15, 0.2) is 0 Å². The van der Waals surface area contributed by atoms with Gasteiger partial charge in [-0.25, -0.2) is 0 Å². The van der Waals surface area contributed by atoms with E-state index >= 15 is 0 Å². The van der Waals surface area contributed by atoms with Gasteiger partial charge in [-0.15, -0.1) is 0 Å². The van der Waals surface area contributed by atoms with Crippen molar-refractivity contribution in [2.75, 3.05) is 13.2 Å². The summed E-state index contributed by atoms with van der Waals surface area (Å²) in [5.41, 5.74) is 1.97. The number of aromatic amines is 1. The van der Waals surface area contributed by atoms with Crippen molar-refractivity contribution < 1.29 is 9.84 Å². The molecule has 0 aliphatic heterocycles. The summed E-state index contributed by atoms with van der Waals surface area (Å²) in [5, 5.41) is 15.8. The van der Waals surface area contributed by atoms with Crippen LogP contribution >= 0.6 is 22.6 Å². The molecule has 0 aliphatic carbocycles. The van der Waals surface area contributed by atoms with Crippen LogP contribution in [-0.2, 0) is 0 Å². The summed E-state index contributed by atoms with van der Waals surface area (Å²) in [6, 6.07) is 14.1. The third-order valence-corrected chi connectivity index (χ3v) is 4.56. The van der Waals surface area contributed by atoms with Crippen LogP contribution in [0.5, 0.6) is 5.75 Å². The van der Waals surface area contributed by atoms with E-state index in [-0.39, 0.29) is 12.1 Å². The lowest BCUT2D eigenvalue weighted by atomic mass is 10.1. The molecule has 0 unspecified atom stereocenters. The monoisotopic (exact) mass is 450 g/mol. The molecule has 0 saturated heterocycles. The van der Waals surface area contributed by atoms with Crippen molar-refractivity contribution in [1.82, 2.24) is 10.3 Å². The zero-order valence-corrected chi connectivity index (χ0v) is 16.6. The molecule has 0 spiro atoms. The fourth-order valence-electron chi connectivity index (χ4n) is 2.83. The van der Waals surface area contributed by atoms with Crippen LogP contribution < -0.4 is 10.1 Å². The van der Waals surface area contributed by atoms with Gasteiger partial charge in [-0.2, -0.15) is 0 Å². The number of nitrogens with one attached hydrogen (secondary N) is 2. The lowest BCUT2D eigenvalue weighted by Crippen LogP contribution is -2.43. The molecule has 1 atom stereocenters. The molecular formula is C20H23IN2O2. The molecular weight excluding hydrogens is 427 g/mol. The van der Waals surface area contributed by atoms with E-state index in [1.807, 2.05) is 34.4 Å². The van der Waals surface area contributed by atoms with Gasteiger partial charge < -0.3 is 20.1 Å². The van der Waals surface area contributed by atoms with E-state index in [0.29, 0.717) is 6.54 Å². The summed E-state index contributed by atoms with van der Waals surface area (Å²) in [7, 11) is 0.